The van der Waals surface area contributed by atoms with Gasteiger partial charge in [0.05, 0.1) is 23.1 Å². The highest BCUT2D eigenvalue weighted by Gasteiger charge is 2.39. The lowest BCUT2D eigenvalue weighted by Crippen LogP contribution is -2.22. The van der Waals surface area contributed by atoms with Gasteiger partial charge in [-0.25, -0.2) is 0 Å². The Bertz CT molecular complexity index is 477. The van der Waals surface area contributed by atoms with Crippen molar-refractivity contribution < 1.29 is 14.6 Å². The van der Waals surface area contributed by atoms with Gasteiger partial charge in [0, 0.05) is 11.6 Å². The number of anilines is 1. The van der Waals surface area contributed by atoms with E-state index in [0.717, 1.165) is 0 Å². The quantitative estimate of drug-likeness (QED) is 0.796. The zero-order valence-electron chi connectivity index (χ0n) is 8.18. The van der Waals surface area contributed by atoms with Crippen molar-refractivity contribution in [3.63, 3.8) is 0 Å². The lowest BCUT2D eigenvalue weighted by molar-refractivity contribution is -0.125. The van der Waals surface area contributed by atoms with E-state index in [1.807, 2.05) is 0 Å². The minimum absolute atomic E-state index is 0.150. The molecule has 1 N–H and O–H groups in total. The predicted octanol–water partition coefficient (Wildman–Crippen LogP) is 1.41. The maximum atomic E-state index is 11.4. The van der Waals surface area contributed by atoms with E-state index in [0.29, 0.717) is 10.8 Å². The molecule has 7 heteroatoms. The fourth-order valence-electron chi connectivity index (χ4n) is 1.59. The van der Waals surface area contributed by atoms with E-state index in [9.17, 15) is 14.8 Å². The van der Waals surface area contributed by atoms with Crippen LogP contribution in [0, 0.1) is 4.91 Å². The molecule has 1 aromatic rings. The van der Waals surface area contributed by atoms with Gasteiger partial charge >= 0.3 is 0 Å². The van der Waals surface area contributed by atoms with E-state index in [2.05, 4.69) is 5.29 Å². The Morgan fingerprint density at radius 1 is 1.56 bits per heavy atom. The number of amides is 1. The highest BCUT2D eigenvalue weighted by molar-refractivity contribution is 6.33. The molecule has 6 nitrogen and oxygen atoms in total. The molecule has 0 fully saturated rings. The fourth-order valence-corrected chi connectivity index (χ4v) is 1.89. The largest absolute Gasteiger partial charge is 0.497 e. The van der Waals surface area contributed by atoms with Crippen molar-refractivity contribution in [2.75, 3.05) is 12.1 Å². The van der Waals surface area contributed by atoms with Crippen LogP contribution in [0.1, 0.15) is 11.7 Å². The Morgan fingerprint density at radius 3 is 2.81 bits per heavy atom. The molecule has 1 unspecified atom stereocenters. The highest BCUT2D eigenvalue weighted by atomic mass is 35.5. The van der Waals surface area contributed by atoms with Crippen LogP contribution >= 0.6 is 11.6 Å². The standard InChI is InChI=1S/C9H7ClN2O4/c1-16-4-2-5(10)7-6(3-4)12(11-15)9(14)8(7)13/h2-3,8,13H,1H3. The van der Waals surface area contributed by atoms with Gasteiger partial charge in [0.25, 0.3) is 5.91 Å². The second-order valence-electron chi connectivity index (χ2n) is 3.18. The number of aliphatic hydroxyl groups excluding tert-OH is 1. The number of halogens is 1. The maximum absolute atomic E-state index is 11.4. The molecule has 1 amide bonds. The van der Waals surface area contributed by atoms with Gasteiger partial charge in [0.1, 0.15) is 5.75 Å². The number of ether oxygens (including phenoxy) is 1. The Morgan fingerprint density at radius 2 is 2.25 bits per heavy atom. The molecule has 1 atom stereocenters. The van der Waals surface area contributed by atoms with Crippen LogP contribution < -0.4 is 9.75 Å². The van der Waals surface area contributed by atoms with Crippen molar-refractivity contribution in [2.24, 2.45) is 5.29 Å². The molecule has 16 heavy (non-hydrogen) atoms. The summed E-state index contributed by atoms with van der Waals surface area (Å²) in [7, 11) is 1.42. The fraction of sp³-hybridized carbons (Fsp3) is 0.222. The van der Waals surface area contributed by atoms with Gasteiger partial charge in [-0.05, 0) is 6.07 Å². The van der Waals surface area contributed by atoms with Gasteiger partial charge in [0.2, 0.25) is 0 Å². The highest BCUT2D eigenvalue weighted by Crippen LogP contribution is 2.43. The number of fused-ring (bicyclic) bond motifs is 1. The number of hydrogen-bond acceptors (Lipinski definition) is 5. The van der Waals surface area contributed by atoms with E-state index in [-0.39, 0.29) is 16.3 Å². The predicted molar refractivity (Wildman–Crippen MR) is 56.2 cm³/mol. The number of carbonyl (C=O) groups excluding carboxylic acids is 1. The van der Waals surface area contributed by atoms with E-state index in [1.54, 1.807) is 0 Å². The van der Waals surface area contributed by atoms with Crippen molar-refractivity contribution in [1.29, 1.82) is 0 Å². The SMILES string of the molecule is COc1cc(Cl)c2c(c1)N(N=O)C(=O)C2O. The molecule has 0 saturated heterocycles. The van der Waals surface area contributed by atoms with Gasteiger partial charge in [-0.2, -0.15) is 5.01 Å². The lowest BCUT2D eigenvalue weighted by Gasteiger charge is -2.08. The van der Waals surface area contributed by atoms with E-state index in [1.165, 1.54) is 19.2 Å². The van der Waals surface area contributed by atoms with Crippen LogP contribution in [0.5, 0.6) is 5.75 Å². The van der Waals surface area contributed by atoms with Crippen molar-refractivity contribution in [3.8, 4) is 5.75 Å². The van der Waals surface area contributed by atoms with Crippen LogP contribution in [0.25, 0.3) is 0 Å². The smallest absolute Gasteiger partial charge is 0.283 e. The van der Waals surface area contributed by atoms with Crippen LogP contribution in [0.2, 0.25) is 5.02 Å². The molecule has 0 spiro atoms. The van der Waals surface area contributed by atoms with Gasteiger partial charge in [-0.15, -0.1) is 4.91 Å². The molecule has 84 valence electrons. The third kappa shape index (κ3) is 1.35. The molecule has 0 radical (unpaired) electrons. The second-order valence-corrected chi connectivity index (χ2v) is 3.58. The van der Waals surface area contributed by atoms with Crippen LogP contribution in [0.3, 0.4) is 0 Å². The van der Waals surface area contributed by atoms with Crippen molar-refractivity contribution in [3.05, 3.63) is 27.6 Å². The summed E-state index contributed by atoms with van der Waals surface area (Å²) < 4.78 is 4.94. The average molecular weight is 243 g/mol. The topological polar surface area (TPSA) is 79.2 Å². The molecule has 1 aliphatic rings. The molecule has 1 aromatic carbocycles. The summed E-state index contributed by atoms with van der Waals surface area (Å²) in [6.45, 7) is 0. The van der Waals surface area contributed by atoms with Gasteiger partial charge in [0.15, 0.2) is 6.10 Å². The number of rotatable bonds is 2. The van der Waals surface area contributed by atoms with Gasteiger partial charge in [-0.1, -0.05) is 11.6 Å². The molecule has 0 bridgehead atoms. The van der Waals surface area contributed by atoms with Crippen molar-refractivity contribution in [2.45, 2.75) is 6.10 Å². The monoisotopic (exact) mass is 242 g/mol. The molecular formula is C9H7ClN2O4. The third-order valence-corrected chi connectivity index (χ3v) is 2.66. The summed E-state index contributed by atoms with van der Waals surface area (Å²) in [5, 5.41) is 12.8. The normalized spacial score (nSPS) is 18.6. The number of nitrogens with zero attached hydrogens (tertiary/aromatic N) is 2. The Hall–Kier alpha value is -1.66. The summed E-state index contributed by atoms with van der Waals surface area (Å²) in [6.07, 6.45) is -1.45. The average Bonchev–Trinajstić information content (AvgIpc) is 2.51. The molecule has 0 saturated carbocycles. The number of nitroso groups, excluding NO2 is 1. The van der Waals surface area contributed by atoms with Crippen molar-refractivity contribution >= 4 is 23.2 Å². The van der Waals surface area contributed by atoms with Crippen LogP contribution in [-0.2, 0) is 4.79 Å². The summed E-state index contributed by atoms with van der Waals surface area (Å²) in [6, 6.07) is 2.86. The minimum Gasteiger partial charge on any atom is -0.497 e. The summed E-state index contributed by atoms with van der Waals surface area (Å²) in [5.41, 5.74) is 0.323. The maximum Gasteiger partial charge on any atom is 0.283 e. The van der Waals surface area contributed by atoms with Crippen molar-refractivity contribution in [1.82, 2.24) is 0 Å². The molecule has 1 heterocycles. The third-order valence-electron chi connectivity index (χ3n) is 2.34. The summed E-state index contributed by atoms with van der Waals surface area (Å²) >= 11 is 5.87. The number of aliphatic hydroxyl groups is 1. The van der Waals surface area contributed by atoms with Gasteiger partial charge in [-0.3, -0.25) is 4.79 Å². The van der Waals surface area contributed by atoms with Crippen LogP contribution in [-0.4, -0.2) is 18.1 Å². The van der Waals surface area contributed by atoms with E-state index >= 15 is 0 Å². The number of hydrogen-bond donors (Lipinski definition) is 1. The molecule has 2 rings (SSSR count). The summed E-state index contributed by atoms with van der Waals surface area (Å²) in [4.78, 5) is 21.9. The number of benzene rings is 1. The van der Waals surface area contributed by atoms with Crippen LogP contribution in [0.4, 0.5) is 5.69 Å². The van der Waals surface area contributed by atoms with Crippen LogP contribution in [0.15, 0.2) is 17.4 Å². The van der Waals surface area contributed by atoms with Gasteiger partial charge < -0.3 is 9.84 Å². The first kappa shape index (κ1) is 10.8. The molecule has 0 aromatic heterocycles. The first-order chi connectivity index (χ1) is 7.60. The molecule has 1 aliphatic heterocycles. The lowest BCUT2D eigenvalue weighted by atomic mass is 10.1. The Balaban J connectivity index is 2.66. The number of methoxy groups -OCH3 is 1. The zero-order valence-corrected chi connectivity index (χ0v) is 8.93. The molecule has 0 aliphatic carbocycles. The minimum atomic E-state index is -1.45. The van der Waals surface area contributed by atoms with E-state index in [4.69, 9.17) is 16.3 Å². The second kappa shape index (κ2) is 3.73. The van der Waals surface area contributed by atoms with E-state index < -0.39 is 12.0 Å². The number of carbonyl (C=O) groups is 1. The first-order valence-corrected chi connectivity index (χ1v) is 4.70. The Kier molecular flexibility index (Phi) is 2.53. The first-order valence-electron chi connectivity index (χ1n) is 4.33. The Labute approximate surface area is 95.3 Å². The molecular weight excluding hydrogens is 236 g/mol. The zero-order chi connectivity index (χ0) is 11.9. The summed E-state index contributed by atoms with van der Waals surface area (Å²) in [5.74, 6) is -0.445.